The molecule has 0 aliphatic carbocycles. The molecular weight excluding hydrogens is 412 g/mol. The molecule has 4 aromatic carbocycles. The number of rotatable bonds is 7. The molecule has 0 saturated carbocycles. The number of carbonyl (C=O) groups is 1. The van der Waals surface area contributed by atoms with Gasteiger partial charge in [-0.1, -0.05) is 84.1 Å². The van der Waals surface area contributed by atoms with E-state index in [-0.39, 0.29) is 12.3 Å². The van der Waals surface area contributed by atoms with Crippen LogP contribution in [0, 0.1) is 0 Å². The number of nitrogens with one attached hydrogen (secondary N) is 1. The van der Waals surface area contributed by atoms with Crippen LogP contribution in [0.15, 0.2) is 115 Å². The fourth-order valence-corrected chi connectivity index (χ4v) is 3.82. The highest BCUT2D eigenvalue weighted by atomic mass is 16.5. The van der Waals surface area contributed by atoms with Crippen molar-refractivity contribution in [1.29, 1.82) is 0 Å². The molecule has 5 rings (SSSR count). The number of amides is 1. The average Bonchev–Trinajstić information content (AvgIpc) is 3.30. The molecule has 5 aromatic rings. The van der Waals surface area contributed by atoms with Gasteiger partial charge in [-0.05, 0) is 42.0 Å². The molecule has 1 heterocycles. The van der Waals surface area contributed by atoms with Gasteiger partial charge in [-0.15, -0.1) is 5.10 Å². The van der Waals surface area contributed by atoms with E-state index in [2.05, 4.69) is 15.6 Å². The Kier molecular flexibility index (Phi) is 5.55. The first-order valence-electron chi connectivity index (χ1n) is 10.7. The number of aromatic nitrogens is 3. The van der Waals surface area contributed by atoms with Crippen LogP contribution in [0.25, 0.3) is 11.0 Å². The molecule has 1 atom stereocenters. The minimum absolute atomic E-state index is 0.245. The van der Waals surface area contributed by atoms with Crippen LogP contribution in [-0.4, -0.2) is 20.9 Å². The molecule has 162 valence electrons. The van der Waals surface area contributed by atoms with Crippen LogP contribution < -0.4 is 10.1 Å². The zero-order valence-corrected chi connectivity index (χ0v) is 17.8. The first kappa shape index (κ1) is 20.5. The zero-order valence-electron chi connectivity index (χ0n) is 17.8. The van der Waals surface area contributed by atoms with Crippen molar-refractivity contribution in [1.82, 2.24) is 15.0 Å². The predicted octanol–water partition coefficient (Wildman–Crippen LogP) is 5.04. The third-order valence-electron chi connectivity index (χ3n) is 5.40. The summed E-state index contributed by atoms with van der Waals surface area (Å²) >= 11 is 0. The van der Waals surface area contributed by atoms with Gasteiger partial charge in [0.25, 0.3) is 11.6 Å². The summed E-state index contributed by atoms with van der Waals surface area (Å²) in [6.07, 6.45) is 0.245. The molecule has 0 radical (unpaired) electrons. The van der Waals surface area contributed by atoms with Crippen LogP contribution in [0.4, 0.5) is 5.69 Å². The molecule has 0 aliphatic heterocycles. The first-order valence-corrected chi connectivity index (χ1v) is 10.7. The summed E-state index contributed by atoms with van der Waals surface area (Å²) in [5, 5.41) is 11.7. The lowest BCUT2D eigenvalue weighted by atomic mass is 10.0. The van der Waals surface area contributed by atoms with Crippen molar-refractivity contribution in [2.24, 2.45) is 0 Å². The molecule has 1 aromatic heterocycles. The van der Waals surface area contributed by atoms with E-state index in [1.807, 2.05) is 115 Å². The van der Waals surface area contributed by atoms with Crippen LogP contribution >= 0.6 is 0 Å². The molecule has 1 amide bonds. The van der Waals surface area contributed by atoms with Gasteiger partial charge in [0.15, 0.2) is 0 Å². The number of para-hydroxylation sites is 3. The van der Waals surface area contributed by atoms with Crippen molar-refractivity contribution in [3.8, 4) is 5.75 Å². The van der Waals surface area contributed by atoms with Crippen LogP contribution in [0.2, 0.25) is 0 Å². The Morgan fingerprint density at radius 2 is 1.39 bits per heavy atom. The van der Waals surface area contributed by atoms with Gasteiger partial charge < -0.3 is 10.1 Å². The van der Waals surface area contributed by atoms with Gasteiger partial charge >= 0.3 is 0 Å². The van der Waals surface area contributed by atoms with Gasteiger partial charge in [-0.25, -0.2) is 0 Å². The lowest BCUT2D eigenvalue weighted by molar-refractivity contribution is -0.141. The number of fused-ring (bicyclic) bond motifs is 1. The Balaban J connectivity index is 1.70. The summed E-state index contributed by atoms with van der Waals surface area (Å²) < 4.78 is 8.12. The third-order valence-corrected chi connectivity index (χ3v) is 5.40. The summed E-state index contributed by atoms with van der Waals surface area (Å²) in [7, 11) is 0. The fraction of sp³-hybridized carbons (Fsp3) is 0.0741. The molecular formula is C27H22N4O2. The highest BCUT2D eigenvalue weighted by Gasteiger charge is 2.46. The Bertz CT molecular complexity index is 1310. The summed E-state index contributed by atoms with van der Waals surface area (Å²) in [5.74, 6) is 0.202. The molecule has 6 nitrogen and oxygen atoms in total. The SMILES string of the molecule is O=C(Nc1ccccc1)C(Cc1ccccc1)(Oc1ccccc1)n1nnc2ccccc21. The highest BCUT2D eigenvalue weighted by molar-refractivity contribution is 5.97. The second-order valence-corrected chi connectivity index (χ2v) is 7.67. The summed E-state index contributed by atoms with van der Waals surface area (Å²) in [5.41, 5.74) is 1.44. The topological polar surface area (TPSA) is 69.0 Å². The molecule has 1 N–H and O–H groups in total. The smallest absolute Gasteiger partial charge is 0.292 e. The molecule has 0 saturated heterocycles. The average molecular weight is 434 g/mol. The summed E-state index contributed by atoms with van der Waals surface area (Å²) in [6, 6.07) is 35.9. The van der Waals surface area contributed by atoms with Gasteiger partial charge in [0, 0.05) is 12.1 Å². The van der Waals surface area contributed by atoms with E-state index in [4.69, 9.17) is 4.74 Å². The lowest BCUT2D eigenvalue weighted by Gasteiger charge is -2.33. The quantitative estimate of drug-likeness (QED) is 0.389. The molecule has 6 heteroatoms. The highest BCUT2D eigenvalue weighted by Crippen LogP contribution is 2.31. The standard InChI is InChI=1S/C27H22N4O2/c32-26(28-22-14-6-2-7-15-22)27(20-21-12-4-1-5-13-21,33-23-16-8-3-9-17-23)31-25-19-11-10-18-24(25)29-30-31/h1-19H,20H2,(H,28,32). The van der Waals surface area contributed by atoms with E-state index < -0.39 is 5.72 Å². The van der Waals surface area contributed by atoms with Gasteiger partial charge in [-0.2, -0.15) is 4.68 Å². The van der Waals surface area contributed by atoms with E-state index >= 15 is 0 Å². The number of hydrogen-bond acceptors (Lipinski definition) is 4. The number of ether oxygens (including phenoxy) is 1. The summed E-state index contributed by atoms with van der Waals surface area (Å²) in [4.78, 5) is 14.1. The number of benzene rings is 4. The van der Waals surface area contributed by atoms with Gasteiger partial charge in [0.2, 0.25) is 0 Å². The van der Waals surface area contributed by atoms with Crippen molar-refractivity contribution in [3.05, 3.63) is 121 Å². The second kappa shape index (κ2) is 8.96. The monoisotopic (exact) mass is 434 g/mol. The number of carbonyl (C=O) groups excluding carboxylic acids is 1. The van der Waals surface area contributed by atoms with Crippen LogP contribution in [0.1, 0.15) is 5.56 Å². The van der Waals surface area contributed by atoms with E-state index in [9.17, 15) is 4.79 Å². The van der Waals surface area contributed by atoms with Crippen LogP contribution in [0.3, 0.4) is 0 Å². The Morgan fingerprint density at radius 3 is 2.12 bits per heavy atom. The maximum absolute atomic E-state index is 14.1. The van der Waals surface area contributed by atoms with Crippen LogP contribution in [-0.2, 0) is 16.9 Å². The minimum atomic E-state index is -1.53. The number of nitrogens with zero attached hydrogens (tertiary/aromatic N) is 3. The van der Waals surface area contributed by atoms with Crippen molar-refractivity contribution in [2.45, 2.75) is 12.1 Å². The molecule has 0 aliphatic rings. The first-order chi connectivity index (χ1) is 16.2. The maximum Gasteiger partial charge on any atom is 0.292 e. The van der Waals surface area contributed by atoms with Crippen molar-refractivity contribution < 1.29 is 9.53 Å². The van der Waals surface area contributed by atoms with E-state index in [1.165, 1.54) is 0 Å². The van der Waals surface area contributed by atoms with E-state index in [0.29, 0.717) is 22.5 Å². The Labute approximate surface area is 191 Å². The second-order valence-electron chi connectivity index (χ2n) is 7.67. The normalized spacial score (nSPS) is 12.7. The Hall–Kier alpha value is -4.45. The predicted molar refractivity (Wildman–Crippen MR) is 128 cm³/mol. The van der Waals surface area contributed by atoms with Gasteiger partial charge in [0.05, 0.1) is 5.52 Å². The maximum atomic E-state index is 14.1. The summed E-state index contributed by atoms with van der Waals surface area (Å²) in [6.45, 7) is 0. The number of hydrogen-bond donors (Lipinski definition) is 1. The lowest BCUT2D eigenvalue weighted by Crippen LogP contribution is -2.52. The third kappa shape index (κ3) is 4.19. The molecule has 33 heavy (non-hydrogen) atoms. The van der Waals surface area contributed by atoms with Crippen molar-refractivity contribution >= 4 is 22.6 Å². The van der Waals surface area contributed by atoms with Crippen molar-refractivity contribution in [2.75, 3.05) is 5.32 Å². The van der Waals surface area contributed by atoms with Gasteiger partial charge in [0.1, 0.15) is 11.3 Å². The van der Waals surface area contributed by atoms with Crippen molar-refractivity contribution in [3.63, 3.8) is 0 Å². The van der Waals surface area contributed by atoms with Crippen LogP contribution in [0.5, 0.6) is 5.75 Å². The molecule has 0 spiro atoms. The molecule has 0 fully saturated rings. The molecule has 1 unspecified atom stereocenters. The fourth-order valence-electron chi connectivity index (χ4n) is 3.82. The number of anilines is 1. The minimum Gasteiger partial charge on any atom is -0.456 e. The van der Waals surface area contributed by atoms with Gasteiger partial charge in [-0.3, -0.25) is 4.79 Å². The molecule has 0 bridgehead atoms. The van der Waals surface area contributed by atoms with E-state index in [0.717, 1.165) is 5.56 Å². The van der Waals surface area contributed by atoms with E-state index in [1.54, 1.807) is 4.68 Å². The zero-order chi connectivity index (χ0) is 22.5. The Morgan fingerprint density at radius 1 is 0.788 bits per heavy atom. The largest absolute Gasteiger partial charge is 0.456 e.